The van der Waals surface area contributed by atoms with Crippen LogP contribution in [0.25, 0.3) is 0 Å². The average Bonchev–Trinajstić information content (AvgIpc) is 2.63. The number of quaternary nitrogens is 1. The van der Waals surface area contributed by atoms with E-state index < -0.39 is 10.1 Å². The van der Waals surface area contributed by atoms with Gasteiger partial charge in [0.2, 0.25) is 10.1 Å². The molecule has 1 aliphatic heterocycles. The van der Waals surface area contributed by atoms with Gasteiger partial charge in [-0.25, -0.2) is 18.7 Å². The average molecular weight is 273 g/mol. The lowest BCUT2D eigenvalue weighted by Crippen LogP contribution is -2.63. The quantitative estimate of drug-likeness (QED) is 0.790. The van der Waals surface area contributed by atoms with Gasteiger partial charge in [-0.15, -0.1) is 4.41 Å². The number of nitrogens with one attached hydrogen (secondary N) is 1. The van der Waals surface area contributed by atoms with Crippen LogP contribution in [0.2, 0.25) is 0 Å². The maximum absolute atomic E-state index is 12.1. The molecule has 1 aromatic rings. The molecule has 0 aromatic carbocycles. The first-order valence-electron chi connectivity index (χ1n) is 6.03. The van der Waals surface area contributed by atoms with E-state index in [4.69, 9.17) is 9.92 Å². The van der Waals surface area contributed by atoms with Gasteiger partial charge in [0.15, 0.2) is 0 Å². The molecule has 102 valence electrons. The lowest BCUT2D eigenvalue weighted by Gasteiger charge is -2.44. The monoisotopic (exact) mass is 273 g/mol. The third kappa shape index (κ3) is 2.50. The molecule has 0 spiro atoms. The Morgan fingerprint density at radius 1 is 1.50 bits per heavy atom. The highest BCUT2D eigenvalue weighted by Crippen LogP contribution is 2.27. The third-order valence-electron chi connectivity index (χ3n) is 3.39. The molecule has 7 nitrogen and oxygen atoms in total. The van der Waals surface area contributed by atoms with Crippen molar-refractivity contribution in [2.45, 2.75) is 19.3 Å². The Morgan fingerprint density at radius 3 is 2.56 bits per heavy atom. The summed E-state index contributed by atoms with van der Waals surface area (Å²) in [5.74, 6) is 0. The van der Waals surface area contributed by atoms with Crippen molar-refractivity contribution in [2.24, 2.45) is 12.2 Å². The second kappa shape index (κ2) is 4.52. The van der Waals surface area contributed by atoms with E-state index in [9.17, 15) is 4.21 Å². The smallest absolute Gasteiger partial charge is 0.234 e. The summed E-state index contributed by atoms with van der Waals surface area (Å²) in [5.41, 5.74) is 0.643. The van der Waals surface area contributed by atoms with E-state index in [1.165, 1.54) is 10.8 Å². The van der Waals surface area contributed by atoms with Crippen LogP contribution in [-0.4, -0.2) is 38.7 Å². The summed E-state index contributed by atoms with van der Waals surface area (Å²) in [6, 6.07) is 0. The van der Waals surface area contributed by atoms with Crippen molar-refractivity contribution < 1.29 is 8.80 Å². The molecule has 0 radical (unpaired) electrons. The van der Waals surface area contributed by atoms with Crippen molar-refractivity contribution in [2.75, 3.05) is 24.6 Å². The molecule has 0 amide bonds. The Balaban J connectivity index is 2.43. The molecule has 1 aliphatic rings. The number of aromatic nitrogens is 2. The molecule has 18 heavy (non-hydrogen) atoms. The zero-order valence-corrected chi connectivity index (χ0v) is 11.7. The molecule has 0 aliphatic carbocycles. The van der Waals surface area contributed by atoms with Crippen molar-refractivity contribution >= 4 is 15.8 Å². The SMILES string of the molecule is Cn1cc(N([N+]2(C)CCCCC2)S(=N)(N)=O)cn1. The maximum Gasteiger partial charge on any atom is 0.234 e. The zero-order chi connectivity index (χ0) is 13.4. The van der Waals surface area contributed by atoms with E-state index in [-0.39, 0.29) is 0 Å². The summed E-state index contributed by atoms with van der Waals surface area (Å²) in [5, 5.41) is 9.68. The van der Waals surface area contributed by atoms with Gasteiger partial charge in [0.05, 0.1) is 19.4 Å². The lowest BCUT2D eigenvalue weighted by molar-refractivity contribution is -0.911. The van der Waals surface area contributed by atoms with Gasteiger partial charge in [-0.3, -0.25) is 4.68 Å². The Bertz CT molecular complexity index is 516. The van der Waals surface area contributed by atoms with Gasteiger partial charge in [0.1, 0.15) is 18.8 Å². The number of hydrogen-bond acceptors (Lipinski definition) is 3. The van der Waals surface area contributed by atoms with Gasteiger partial charge < -0.3 is 0 Å². The van der Waals surface area contributed by atoms with Crippen LogP contribution in [0.5, 0.6) is 0 Å². The number of aryl methyl sites for hydroxylation is 1. The fourth-order valence-electron chi connectivity index (χ4n) is 2.61. The van der Waals surface area contributed by atoms with Crippen LogP contribution in [0.1, 0.15) is 19.3 Å². The van der Waals surface area contributed by atoms with Crippen LogP contribution >= 0.6 is 0 Å². The molecule has 8 heteroatoms. The number of rotatable bonds is 3. The highest BCUT2D eigenvalue weighted by atomic mass is 32.2. The van der Waals surface area contributed by atoms with E-state index in [1.54, 1.807) is 24.1 Å². The Labute approximate surface area is 108 Å². The predicted molar refractivity (Wildman–Crippen MR) is 70.5 cm³/mol. The van der Waals surface area contributed by atoms with Crippen molar-refractivity contribution in [1.29, 1.82) is 4.78 Å². The van der Waals surface area contributed by atoms with Crippen LogP contribution in [0, 0.1) is 4.78 Å². The summed E-state index contributed by atoms with van der Waals surface area (Å²) in [6.45, 7) is 1.70. The molecular weight excluding hydrogens is 252 g/mol. The van der Waals surface area contributed by atoms with Gasteiger partial charge >= 0.3 is 0 Å². The van der Waals surface area contributed by atoms with Gasteiger partial charge in [-0.05, 0) is 19.3 Å². The lowest BCUT2D eigenvalue weighted by atomic mass is 10.1. The molecule has 1 unspecified atom stereocenters. The van der Waals surface area contributed by atoms with E-state index in [0.717, 1.165) is 25.9 Å². The zero-order valence-electron chi connectivity index (χ0n) is 10.9. The molecule has 0 bridgehead atoms. The first-order chi connectivity index (χ1) is 8.33. The minimum atomic E-state index is -3.31. The summed E-state index contributed by atoms with van der Waals surface area (Å²) in [4.78, 5) is 0. The molecule has 1 atom stereocenters. The predicted octanol–water partition coefficient (Wildman–Crippen LogP) is 0.607. The van der Waals surface area contributed by atoms with Gasteiger partial charge in [0, 0.05) is 7.05 Å². The molecule has 1 fully saturated rings. The first kappa shape index (κ1) is 13.3. The summed E-state index contributed by atoms with van der Waals surface area (Å²) < 4.78 is 23.4. The molecule has 2 heterocycles. The minimum absolute atomic E-state index is 0.421. The summed E-state index contributed by atoms with van der Waals surface area (Å²) in [6.07, 6.45) is 6.66. The van der Waals surface area contributed by atoms with Crippen LogP contribution in [0.3, 0.4) is 0 Å². The largest absolute Gasteiger partial charge is 0.273 e. The summed E-state index contributed by atoms with van der Waals surface area (Å²) >= 11 is 0. The fourth-order valence-corrected chi connectivity index (χ4v) is 3.77. The Kier molecular flexibility index (Phi) is 3.35. The molecule has 2 rings (SSSR count). The van der Waals surface area contributed by atoms with Crippen molar-refractivity contribution in [3.63, 3.8) is 0 Å². The fraction of sp³-hybridized carbons (Fsp3) is 0.700. The third-order valence-corrected chi connectivity index (χ3v) is 4.51. The number of nitrogens with zero attached hydrogens (tertiary/aromatic N) is 4. The van der Waals surface area contributed by atoms with Crippen LogP contribution in [0.15, 0.2) is 12.4 Å². The topological polar surface area (TPSA) is 88.0 Å². The highest BCUT2D eigenvalue weighted by Gasteiger charge is 2.38. The Morgan fingerprint density at radius 2 is 2.11 bits per heavy atom. The van der Waals surface area contributed by atoms with Gasteiger partial charge in [0.25, 0.3) is 0 Å². The summed E-state index contributed by atoms with van der Waals surface area (Å²) in [7, 11) is 0.461. The number of piperidine rings is 1. The highest BCUT2D eigenvalue weighted by molar-refractivity contribution is 7.91. The normalized spacial score (nSPS) is 22.4. The molecule has 3 N–H and O–H groups in total. The van der Waals surface area contributed by atoms with E-state index in [1.807, 2.05) is 7.05 Å². The van der Waals surface area contributed by atoms with E-state index >= 15 is 0 Å². The second-order valence-electron chi connectivity index (χ2n) is 5.06. The molecule has 1 aromatic heterocycles. The molecule has 1 saturated heterocycles. The molecular formula is C10H21N6OS+. The number of anilines is 1. The van der Waals surface area contributed by atoms with E-state index in [2.05, 4.69) is 5.10 Å². The van der Waals surface area contributed by atoms with Crippen molar-refractivity contribution in [3.8, 4) is 0 Å². The number of nitrogens with two attached hydrogens (primary N) is 1. The van der Waals surface area contributed by atoms with Crippen molar-refractivity contribution in [3.05, 3.63) is 12.4 Å². The second-order valence-corrected chi connectivity index (χ2v) is 6.54. The standard InChI is InChI=1S/C10H21N6OS/c1-14-9-10(8-13-14)15(18(11,12)17)16(2)6-4-3-5-7-16/h8-9H,3-7H2,1-2H3,(H3,11,12,17)/q+1. The Hall–Kier alpha value is -1.12. The van der Waals surface area contributed by atoms with Crippen molar-refractivity contribution in [1.82, 2.24) is 9.78 Å². The number of likely N-dealkylation sites (tertiary alicyclic amines) is 1. The minimum Gasteiger partial charge on any atom is -0.273 e. The maximum atomic E-state index is 12.1. The van der Waals surface area contributed by atoms with E-state index in [0.29, 0.717) is 10.3 Å². The van der Waals surface area contributed by atoms with Crippen LogP contribution in [-0.2, 0) is 17.1 Å². The number of hydrogen-bond donors (Lipinski definition) is 2. The van der Waals surface area contributed by atoms with Gasteiger partial charge in [-0.2, -0.15) is 5.10 Å². The first-order valence-corrected chi connectivity index (χ1v) is 7.61. The van der Waals surface area contributed by atoms with Crippen LogP contribution in [0.4, 0.5) is 5.69 Å². The van der Waals surface area contributed by atoms with Gasteiger partial charge in [-0.1, -0.05) is 0 Å². The molecule has 0 saturated carbocycles. The van der Waals surface area contributed by atoms with Crippen LogP contribution < -0.4 is 9.55 Å².